The van der Waals surface area contributed by atoms with E-state index in [0.29, 0.717) is 5.92 Å². The molecule has 1 N–H and O–H groups in total. The highest BCUT2D eigenvalue weighted by molar-refractivity contribution is 6.12. The summed E-state index contributed by atoms with van der Waals surface area (Å²) in [5.41, 5.74) is 6.33. The van der Waals surface area contributed by atoms with E-state index >= 15 is 0 Å². The topological polar surface area (TPSA) is 19.0 Å². The number of nitrogens with one attached hydrogen (secondary N) is 1. The molecule has 4 aromatic rings. The van der Waals surface area contributed by atoms with Gasteiger partial charge in [-0.3, -0.25) is 0 Å². The van der Waals surface area contributed by atoms with Crippen molar-refractivity contribution in [2.24, 2.45) is 0 Å². The highest BCUT2D eigenvalue weighted by Gasteiger charge is 2.39. The summed E-state index contributed by atoms with van der Waals surface area (Å²) >= 11 is 0. The molecule has 0 saturated carbocycles. The van der Waals surface area contributed by atoms with Crippen molar-refractivity contribution in [3.05, 3.63) is 90.9 Å². The molecule has 2 atom stereocenters. The van der Waals surface area contributed by atoms with E-state index in [1.807, 2.05) is 0 Å². The summed E-state index contributed by atoms with van der Waals surface area (Å²) in [5, 5.41) is 2.57. The summed E-state index contributed by atoms with van der Waals surface area (Å²) in [6.07, 6.45) is 9.20. The van der Waals surface area contributed by atoms with Crippen LogP contribution in [0.4, 0.5) is 11.4 Å². The van der Waals surface area contributed by atoms with Crippen molar-refractivity contribution in [2.45, 2.75) is 18.4 Å². The second-order valence-electron chi connectivity index (χ2n) is 7.11. The number of aromatic amines is 1. The maximum Gasteiger partial charge on any atom is 0.0706 e. The fourth-order valence-electron chi connectivity index (χ4n) is 4.64. The van der Waals surface area contributed by atoms with E-state index in [1.165, 1.54) is 38.7 Å². The number of anilines is 2. The Labute approximate surface area is 152 Å². The van der Waals surface area contributed by atoms with Crippen molar-refractivity contribution in [3.63, 3.8) is 0 Å². The Morgan fingerprint density at radius 1 is 0.846 bits per heavy atom. The first-order valence-electron chi connectivity index (χ1n) is 9.19. The van der Waals surface area contributed by atoms with Crippen molar-refractivity contribution in [1.82, 2.24) is 4.98 Å². The fraction of sp³-hybridized carbons (Fsp3) is 0.125. The molecule has 6 rings (SSSR count). The third-order valence-corrected chi connectivity index (χ3v) is 5.74. The first kappa shape index (κ1) is 14.2. The molecule has 1 aliphatic carbocycles. The molecule has 3 aromatic carbocycles. The van der Waals surface area contributed by atoms with Crippen LogP contribution in [0.1, 0.15) is 17.9 Å². The number of para-hydroxylation sites is 3. The third kappa shape index (κ3) is 1.82. The van der Waals surface area contributed by atoms with Gasteiger partial charge in [-0.2, -0.15) is 0 Å². The molecule has 0 amide bonds. The van der Waals surface area contributed by atoms with E-state index in [9.17, 15) is 0 Å². The maximum atomic E-state index is 3.70. The van der Waals surface area contributed by atoms with E-state index < -0.39 is 0 Å². The van der Waals surface area contributed by atoms with Crippen molar-refractivity contribution < 1.29 is 0 Å². The molecule has 0 bridgehead atoms. The number of H-pyrrole nitrogens is 1. The van der Waals surface area contributed by atoms with Gasteiger partial charge in [-0.05, 0) is 30.2 Å². The zero-order valence-electron chi connectivity index (χ0n) is 14.3. The predicted molar refractivity (Wildman–Crippen MR) is 108 cm³/mol. The normalized spacial score (nSPS) is 21.3. The van der Waals surface area contributed by atoms with Crippen molar-refractivity contribution >= 4 is 33.2 Å². The van der Waals surface area contributed by atoms with Crippen LogP contribution in [-0.2, 0) is 0 Å². The molecular weight excluding hydrogens is 316 g/mol. The average Bonchev–Trinajstić information content (AvgIpc) is 3.24. The SMILES string of the molecule is [C]1CC=CC2c3ccccc3N(c3cccc4c3[nH]c3ccccc34)C12. The Bertz CT molecular complexity index is 1170. The zero-order valence-corrected chi connectivity index (χ0v) is 14.3. The van der Waals surface area contributed by atoms with Crippen LogP contribution in [-0.4, -0.2) is 11.0 Å². The Morgan fingerprint density at radius 2 is 1.65 bits per heavy atom. The van der Waals surface area contributed by atoms with Gasteiger partial charge in [0.2, 0.25) is 0 Å². The lowest BCUT2D eigenvalue weighted by Crippen LogP contribution is -2.31. The fourth-order valence-corrected chi connectivity index (χ4v) is 4.64. The summed E-state index contributed by atoms with van der Waals surface area (Å²) in [4.78, 5) is 6.14. The number of benzene rings is 3. The minimum atomic E-state index is 0.259. The molecule has 1 aliphatic heterocycles. The largest absolute Gasteiger partial charge is 0.353 e. The first-order chi connectivity index (χ1) is 12.9. The van der Waals surface area contributed by atoms with Gasteiger partial charge in [0.1, 0.15) is 0 Å². The lowest BCUT2D eigenvalue weighted by Gasteiger charge is -2.31. The first-order valence-corrected chi connectivity index (χ1v) is 9.19. The number of hydrogen-bond donors (Lipinski definition) is 1. The van der Waals surface area contributed by atoms with Crippen molar-refractivity contribution in [2.75, 3.05) is 4.90 Å². The van der Waals surface area contributed by atoms with Gasteiger partial charge in [0.25, 0.3) is 0 Å². The molecule has 2 radical (unpaired) electrons. The van der Waals surface area contributed by atoms with E-state index in [4.69, 9.17) is 0 Å². The molecule has 0 saturated heterocycles. The van der Waals surface area contributed by atoms with E-state index in [2.05, 4.69) is 95.2 Å². The Hall–Kier alpha value is -3.00. The van der Waals surface area contributed by atoms with Gasteiger partial charge in [0, 0.05) is 34.3 Å². The lowest BCUT2D eigenvalue weighted by molar-refractivity contribution is 0.673. The lowest BCUT2D eigenvalue weighted by atomic mass is 9.87. The van der Waals surface area contributed by atoms with E-state index in [0.717, 1.165) is 6.42 Å². The molecule has 1 aromatic heterocycles. The molecule has 2 heterocycles. The molecular formula is C24H18N2. The van der Waals surface area contributed by atoms with Crippen LogP contribution in [0.3, 0.4) is 0 Å². The van der Waals surface area contributed by atoms with Crippen molar-refractivity contribution in [1.29, 1.82) is 0 Å². The number of allylic oxidation sites excluding steroid dienone is 1. The van der Waals surface area contributed by atoms with Crippen LogP contribution in [0.5, 0.6) is 0 Å². The predicted octanol–water partition coefficient (Wildman–Crippen LogP) is 5.97. The smallest absolute Gasteiger partial charge is 0.0706 e. The van der Waals surface area contributed by atoms with Crippen LogP contribution in [0.2, 0.25) is 0 Å². The van der Waals surface area contributed by atoms with Gasteiger partial charge in [0.05, 0.1) is 17.2 Å². The Kier molecular flexibility index (Phi) is 2.87. The van der Waals surface area contributed by atoms with Crippen molar-refractivity contribution in [3.8, 4) is 0 Å². The molecule has 124 valence electrons. The maximum absolute atomic E-state index is 3.70. The second-order valence-corrected chi connectivity index (χ2v) is 7.11. The average molecular weight is 334 g/mol. The number of nitrogens with zero attached hydrogens (tertiary/aromatic N) is 1. The minimum absolute atomic E-state index is 0.259. The molecule has 0 spiro atoms. The van der Waals surface area contributed by atoms with Crippen LogP contribution < -0.4 is 4.90 Å². The van der Waals surface area contributed by atoms with Crippen LogP contribution in [0.25, 0.3) is 21.8 Å². The standard InChI is InChI=1S/C24H18N2/c1-4-12-20-16(8-1)19-11-7-15-23(24(19)25-20)26-21-13-5-2-9-17(21)18-10-3-6-14-22(18)26/h1-5,7-13,15,18,22,25H,6H2. The van der Waals surface area contributed by atoms with E-state index in [1.54, 1.807) is 0 Å². The summed E-state index contributed by atoms with van der Waals surface area (Å²) < 4.78 is 0. The van der Waals surface area contributed by atoms with Gasteiger partial charge in [-0.15, -0.1) is 0 Å². The summed E-state index contributed by atoms with van der Waals surface area (Å²) in [6.45, 7) is 0. The van der Waals surface area contributed by atoms with Gasteiger partial charge in [-0.25, -0.2) is 0 Å². The highest BCUT2D eigenvalue weighted by Crippen LogP contribution is 2.50. The molecule has 2 unspecified atom stereocenters. The summed E-state index contributed by atoms with van der Waals surface area (Å²) in [5.74, 6) is 0.389. The molecule has 26 heavy (non-hydrogen) atoms. The van der Waals surface area contributed by atoms with Gasteiger partial charge < -0.3 is 9.88 Å². The number of fused-ring (bicyclic) bond motifs is 6. The number of aromatic nitrogens is 1. The van der Waals surface area contributed by atoms with Crippen LogP contribution >= 0.6 is 0 Å². The third-order valence-electron chi connectivity index (χ3n) is 5.74. The van der Waals surface area contributed by atoms with Gasteiger partial charge in [0.15, 0.2) is 0 Å². The van der Waals surface area contributed by atoms with Crippen LogP contribution in [0.15, 0.2) is 78.9 Å². The Balaban J connectivity index is 1.64. The van der Waals surface area contributed by atoms with E-state index in [-0.39, 0.29) is 6.04 Å². The number of rotatable bonds is 1. The highest BCUT2D eigenvalue weighted by atomic mass is 15.2. The molecule has 2 nitrogen and oxygen atoms in total. The monoisotopic (exact) mass is 334 g/mol. The summed E-state index contributed by atoms with van der Waals surface area (Å²) in [7, 11) is 0. The molecule has 2 heteroatoms. The van der Waals surface area contributed by atoms with Gasteiger partial charge in [-0.1, -0.05) is 60.7 Å². The second kappa shape index (κ2) is 5.25. The zero-order chi connectivity index (χ0) is 17.1. The Morgan fingerprint density at radius 3 is 2.65 bits per heavy atom. The van der Waals surface area contributed by atoms with Gasteiger partial charge >= 0.3 is 0 Å². The number of hydrogen-bond acceptors (Lipinski definition) is 1. The minimum Gasteiger partial charge on any atom is -0.353 e. The summed E-state index contributed by atoms with van der Waals surface area (Å²) in [6, 6.07) is 24.2. The van der Waals surface area contributed by atoms with Crippen LogP contribution in [0, 0.1) is 6.42 Å². The molecule has 0 fully saturated rings. The quantitative estimate of drug-likeness (QED) is 0.425. The molecule has 2 aliphatic rings.